The van der Waals surface area contributed by atoms with E-state index in [0.717, 1.165) is 20.4 Å². The molecule has 0 fully saturated rings. The van der Waals surface area contributed by atoms with Gasteiger partial charge in [-0.3, -0.25) is 0 Å². The van der Waals surface area contributed by atoms with Crippen molar-refractivity contribution < 1.29 is 9.90 Å². The van der Waals surface area contributed by atoms with Crippen LogP contribution in [0.3, 0.4) is 0 Å². The summed E-state index contributed by atoms with van der Waals surface area (Å²) >= 11 is 2.13. The van der Waals surface area contributed by atoms with Gasteiger partial charge in [-0.05, 0) is 40.3 Å². The summed E-state index contributed by atoms with van der Waals surface area (Å²) in [7, 11) is 0. The zero-order valence-electron chi connectivity index (χ0n) is 11.0. The second-order valence-corrected chi connectivity index (χ2v) is 5.85. The van der Waals surface area contributed by atoms with E-state index < -0.39 is 5.97 Å². The summed E-state index contributed by atoms with van der Waals surface area (Å²) in [6.07, 6.45) is 1.84. The number of benzene rings is 2. The Labute approximate surface area is 136 Å². The Kier molecular flexibility index (Phi) is 3.79. The standard InChI is InChI=1S/C17H12INO2/c18-13-10-16(17(20)21)19(11-13)15-9-5-4-8-14(15)12-6-2-1-3-7-12/h1-11H,(H,20,21). The third-order valence-corrected chi connectivity index (χ3v) is 3.84. The van der Waals surface area contributed by atoms with Gasteiger partial charge in [-0.2, -0.15) is 0 Å². The number of para-hydroxylation sites is 1. The molecule has 21 heavy (non-hydrogen) atoms. The van der Waals surface area contributed by atoms with Crippen molar-refractivity contribution in [3.8, 4) is 16.8 Å². The molecule has 0 aliphatic rings. The number of carbonyl (C=O) groups is 1. The van der Waals surface area contributed by atoms with Crippen molar-refractivity contribution in [2.45, 2.75) is 0 Å². The van der Waals surface area contributed by atoms with Crippen LogP contribution in [0.4, 0.5) is 0 Å². The highest BCUT2D eigenvalue weighted by molar-refractivity contribution is 14.1. The minimum absolute atomic E-state index is 0.266. The van der Waals surface area contributed by atoms with E-state index in [0.29, 0.717) is 0 Å². The molecule has 0 unspecified atom stereocenters. The summed E-state index contributed by atoms with van der Waals surface area (Å²) in [4.78, 5) is 11.4. The van der Waals surface area contributed by atoms with E-state index in [2.05, 4.69) is 22.6 Å². The molecule has 3 nitrogen and oxygen atoms in total. The molecular formula is C17H12INO2. The van der Waals surface area contributed by atoms with Crippen LogP contribution < -0.4 is 0 Å². The Hall–Kier alpha value is -2.08. The first-order chi connectivity index (χ1) is 10.2. The molecule has 0 amide bonds. The van der Waals surface area contributed by atoms with E-state index in [1.54, 1.807) is 10.6 Å². The highest BCUT2D eigenvalue weighted by atomic mass is 127. The zero-order chi connectivity index (χ0) is 14.8. The molecule has 0 radical (unpaired) electrons. The summed E-state index contributed by atoms with van der Waals surface area (Å²) in [5.74, 6) is -0.930. The third kappa shape index (κ3) is 2.71. The molecule has 0 aliphatic heterocycles. The summed E-state index contributed by atoms with van der Waals surface area (Å²) in [5.41, 5.74) is 3.20. The van der Waals surface area contributed by atoms with Crippen LogP contribution in [0.2, 0.25) is 0 Å². The quantitative estimate of drug-likeness (QED) is 0.673. The summed E-state index contributed by atoms with van der Waals surface area (Å²) in [6, 6.07) is 19.4. The Balaban J connectivity index is 2.23. The van der Waals surface area contributed by atoms with Gasteiger partial charge in [-0.25, -0.2) is 4.79 Å². The van der Waals surface area contributed by atoms with Crippen molar-refractivity contribution in [1.29, 1.82) is 0 Å². The third-order valence-electron chi connectivity index (χ3n) is 3.25. The largest absolute Gasteiger partial charge is 0.477 e. The van der Waals surface area contributed by atoms with E-state index in [1.165, 1.54) is 0 Å². The average Bonchev–Trinajstić information content (AvgIpc) is 2.90. The fourth-order valence-corrected chi connectivity index (χ4v) is 2.91. The predicted molar refractivity (Wildman–Crippen MR) is 90.9 cm³/mol. The number of carboxylic acids is 1. The van der Waals surface area contributed by atoms with Gasteiger partial charge < -0.3 is 9.67 Å². The number of rotatable bonds is 3. The molecule has 3 rings (SSSR count). The van der Waals surface area contributed by atoms with E-state index in [-0.39, 0.29) is 5.69 Å². The molecule has 4 heteroatoms. The van der Waals surface area contributed by atoms with E-state index in [1.807, 2.05) is 60.8 Å². The maximum Gasteiger partial charge on any atom is 0.352 e. The zero-order valence-corrected chi connectivity index (χ0v) is 13.2. The molecule has 1 aromatic heterocycles. The van der Waals surface area contributed by atoms with Crippen LogP contribution in [0.25, 0.3) is 16.8 Å². The minimum atomic E-state index is -0.930. The molecule has 0 spiro atoms. The van der Waals surface area contributed by atoms with Gasteiger partial charge in [0.2, 0.25) is 0 Å². The monoisotopic (exact) mass is 389 g/mol. The number of aromatic nitrogens is 1. The second-order valence-electron chi connectivity index (χ2n) is 4.60. The second kappa shape index (κ2) is 5.73. The molecule has 0 aliphatic carbocycles. The van der Waals surface area contributed by atoms with Gasteiger partial charge >= 0.3 is 5.97 Å². The maximum atomic E-state index is 11.4. The summed E-state index contributed by atoms with van der Waals surface area (Å²) in [5, 5.41) is 9.38. The topological polar surface area (TPSA) is 42.2 Å². The van der Waals surface area contributed by atoms with E-state index in [9.17, 15) is 9.90 Å². The number of halogens is 1. The van der Waals surface area contributed by atoms with Crippen molar-refractivity contribution in [2.75, 3.05) is 0 Å². The summed E-state index contributed by atoms with van der Waals surface area (Å²) in [6.45, 7) is 0. The van der Waals surface area contributed by atoms with Crippen LogP contribution in [-0.4, -0.2) is 15.6 Å². The molecule has 0 atom stereocenters. The SMILES string of the molecule is O=C(O)c1cc(I)cn1-c1ccccc1-c1ccccc1. The predicted octanol–water partition coefficient (Wildman–Crippen LogP) is 4.45. The molecule has 0 saturated carbocycles. The maximum absolute atomic E-state index is 11.4. The normalized spacial score (nSPS) is 10.5. The van der Waals surface area contributed by atoms with Crippen molar-refractivity contribution >= 4 is 28.6 Å². The average molecular weight is 389 g/mol. The lowest BCUT2D eigenvalue weighted by Crippen LogP contribution is -2.06. The number of hydrogen-bond donors (Lipinski definition) is 1. The first-order valence-electron chi connectivity index (χ1n) is 6.43. The lowest BCUT2D eigenvalue weighted by molar-refractivity contribution is 0.0688. The van der Waals surface area contributed by atoms with Crippen molar-refractivity contribution in [3.05, 3.63) is 76.1 Å². The Morgan fingerprint density at radius 2 is 1.67 bits per heavy atom. The van der Waals surface area contributed by atoms with Crippen LogP contribution >= 0.6 is 22.6 Å². The lowest BCUT2D eigenvalue weighted by Gasteiger charge is -2.12. The van der Waals surface area contributed by atoms with E-state index >= 15 is 0 Å². The highest BCUT2D eigenvalue weighted by Gasteiger charge is 2.15. The molecule has 3 aromatic rings. The molecule has 2 aromatic carbocycles. The highest BCUT2D eigenvalue weighted by Crippen LogP contribution is 2.28. The first kappa shape index (κ1) is 13.9. The van der Waals surface area contributed by atoms with Crippen LogP contribution in [0.5, 0.6) is 0 Å². The van der Waals surface area contributed by atoms with Gasteiger partial charge in [-0.1, -0.05) is 48.5 Å². The van der Waals surface area contributed by atoms with Crippen molar-refractivity contribution in [2.24, 2.45) is 0 Å². The fraction of sp³-hybridized carbons (Fsp3) is 0. The van der Waals surface area contributed by atoms with Gasteiger partial charge in [0.15, 0.2) is 0 Å². The van der Waals surface area contributed by atoms with Crippen LogP contribution in [0.1, 0.15) is 10.5 Å². The molecule has 1 heterocycles. The Morgan fingerprint density at radius 3 is 2.38 bits per heavy atom. The van der Waals surface area contributed by atoms with Gasteiger partial charge in [0.05, 0.1) is 5.69 Å². The Morgan fingerprint density at radius 1 is 1.00 bits per heavy atom. The fourth-order valence-electron chi connectivity index (χ4n) is 2.34. The molecule has 104 valence electrons. The van der Waals surface area contributed by atoms with Gasteiger partial charge in [0.25, 0.3) is 0 Å². The van der Waals surface area contributed by atoms with Crippen LogP contribution in [0.15, 0.2) is 66.9 Å². The minimum Gasteiger partial charge on any atom is -0.477 e. The van der Waals surface area contributed by atoms with Crippen LogP contribution in [0, 0.1) is 3.57 Å². The molecule has 0 saturated heterocycles. The van der Waals surface area contributed by atoms with Gasteiger partial charge in [0, 0.05) is 15.3 Å². The first-order valence-corrected chi connectivity index (χ1v) is 7.50. The number of hydrogen-bond acceptors (Lipinski definition) is 1. The van der Waals surface area contributed by atoms with Crippen molar-refractivity contribution in [1.82, 2.24) is 4.57 Å². The van der Waals surface area contributed by atoms with Gasteiger partial charge in [0.1, 0.15) is 5.69 Å². The van der Waals surface area contributed by atoms with Crippen LogP contribution in [-0.2, 0) is 0 Å². The Bertz CT molecular complexity index is 794. The lowest BCUT2D eigenvalue weighted by atomic mass is 10.0. The molecular weight excluding hydrogens is 377 g/mol. The number of carboxylic acid groups (broad SMARTS) is 1. The number of aromatic carboxylic acids is 1. The summed E-state index contributed by atoms with van der Waals surface area (Å²) < 4.78 is 2.62. The van der Waals surface area contributed by atoms with E-state index in [4.69, 9.17) is 0 Å². The van der Waals surface area contributed by atoms with Gasteiger partial charge in [-0.15, -0.1) is 0 Å². The van der Waals surface area contributed by atoms with Crippen molar-refractivity contribution in [3.63, 3.8) is 0 Å². The molecule has 1 N–H and O–H groups in total. The smallest absolute Gasteiger partial charge is 0.352 e. The molecule has 0 bridgehead atoms. The number of nitrogens with zero attached hydrogens (tertiary/aromatic N) is 1.